The molecular weight excluding hydrogens is 255 g/mol. The fourth-order valence-corrected chi connectivity index (χ4v) is 3.88. The molecule has 21 heavy (non-hydrogen) atoms. The molecule has 0 aliphatic carbocycles. The van der Waals surface area contributed by atoms with E-state index in [1.165, 1.54) is 16.8 Å². The van der Waals surface area contributed by atoms with Crippen LogP contribution >= 0.6 is 0 Å². The Bertz CT molecular complexity index is 488. The smallest absolute Gasteiger partial charge is 0.105 e. The molecule has 114 valence electrons. The van der Waals surface area contributed by atoms with Crippen molar-refractivity contribution < 1.29 is 0 Å². The zero-order chi connectivity index (χ0) is 15.6. The SMILES string of the molecule is CC.[B]C12CCN(C)CC1c1cccc(C)c1N2CCC. The van der Waals surface area contributed by atoms with Gasteiger partial charge < -0.3 is 9.80 Å². The largest absolute Gasteiger partial charge is 0.373 e. The number of likely N-dealkylation sites (N-methyl/N-ethyl adjacent to an activating group) is 1. The van der Waals surface area contributed by atoms with E-state index in [-0.39, 0.29) is 5.44 Å². The Labute approximate surface area is 131 Å². The predicted octanol–water partition coefficient (Wildman–Crippen LogP) is 3.54. The summed E-state index contributed by atoms with van der Waals surface area (Å²) >= 11 is 0. The maximum Gasteiger partial charge on any atom is 0.105 e. The Morgan fingerprint density at radius 3 is 2.71 bits per heavy atom. The fourth-order valence-electron chi connectivity index (χ4n) is 3.88. The van der Waals surface area contributed by atoms with Crippen molar-refractivity contribution in [3.63, 3.8) is 0 Å². The van der Waals surface area contributed by atoms with Crippen LogP contribution in [0.25, 0.3) is 0 Å². The molecule has 1 saturated heterocycles. The summed E-state index contributed by atoms with van der Waals surface area (Å²) in [4.78, 5) is 4.91. The van der Waals surface area contributed by atoms with E-state index < -0.39 is 0 Å². The number of nitrogens with zero attached hydrogens (tertiary/aromatic N) is 2. The third-order valence-corrected chi connectivity index (χ3v) is 4.86. The minimum Gasteiger partial charge on any atom is -0.373 e. The van der Waals surface area contributed by atoms with E-state index in [1.54, 1.807) is 0 Å². The lowest BCUT2D eigenvalue weighted by Gasteiger charge is -2.47. The van der Waals surface area contributed by atoms with E-state index in [4.69, 9.17) is 7.85 Å². The van der Waals surface area contributed by atoms with E-state index in [2.05, 4.69) is 48.9 Å². The van der Waals surface area contributed by atoms with Gasteiger partial charge >= 0.3 is 0 Å². The van der Waals surface area contributed by atoms with E-state index in [0.29, 0.717) is 5.92 Å². The maximum atomic E-state index is 6.88. The molecule has 2 atom stereocenters. The van der Waals surface area contributed by atoms with Gasteiger partial charge in [0.25, 0.3) is 0 Å². The highest BCUT2D eigenvalue weighted by Crippen LogP contribution is 2.51. The van der Waals surface area contributed by atoms with Crippen LogP contribution in [0.3, 0.4) is 0 Å². The van der Waals surface area contributed by atoms with Crippen LogP contribution in [0, 0.1) is 6.92 Å². The third-order valence-electron chi connectivity index (χ3n) is 4.86. The second-order valence-corrected chi connectivity index (χ2v) is 6.22. The lowest BCUT2D eigenvalue weighted by molar-refractivity contribution is 0.211. The van der Waals surface area contributed by atoms with Gasteiger partial charge in [0.15, 0.2) is 0 Å². The summed E-state index contributed by atoms with van der Waals surface area (Å²) in [7, 11) is 9.08. The fraction of sp³-hybridized carbons (Fsp3) is 0.667. The summed E-state index contributed by atoms with van der Waals surface area (Å²) in [6.45, 7) is 11.7. The first-order chi connectivity index (χ1) is 10.1. The first kappa shape index (κ1) is 16.4. The van der Waals surface area contributed by atoms with Crippen LogP contribution in [0.4, 0.5) is 5.69 Å². The average Bonchev–Trinajstić information content (AvgIpc) is 2.73. The van der Waals surface area contributed by atoms with Gasteiger partial charge in [-0.15, -0.1) is 0 Å². The minimum absolute atomic E-state index is 0.170. The molecule has 2 radical (unpaired) electrons. The molecule has 3 rings (SSSR count). The molecule has 2 unspecified atom stereocenters. The first-order valence-corrected chi connectivity index (χ1v) is 8.42. The van der Waals surface area contributed by atoms with Gasteiger partial charge in [0, 0.05) is 30.1 Å². The molecule has 2 nitrogen and oxygen atoms in total. The lowest BCUT2D eigenvalue weighted by Crippen LogP contribution is -2.57. The summed E-state index contributed by atoms with van der Waals surface area (Å²) in [6.07, 6.45) is 2.21. The van der Waals surface area contributed by atoms with Crippen molar-refractivity contribution in [1.82, 2.24) is 4.90 Å². The normalized spacial score (nSPS) is 27.7. The van der Waals surface area contributed by atoms with Crippen molar-refractivity contribution in [2.75, 3.05) is 31.6 Å². The van der Waals surface area contributed by atoms with Gasteiger partial charge in [0.1, 0.15) is 7.85 Å². The summed E-state index contributed by atoms with van der Waals surface area (Å²) < 4.78 is 0. The van der Waals surface area contributed by atoms with Crippen LogP contribution in [0.15, 0.2) is 18.2 Å². The lowest BCUT2D eigenvalue weighted by atomic mass is 9.63. The highest BCUT2D eigenvalue weighted by atomic mass is 15.3. The van der Waals surface area contributed by atoms with Crippen LogP contribution in [-0.4, -0.2) is 44.9 Å². The van der Waals surface area contributed by atoms with Crippen molar-refractivity contribution in [2.24, 2.45) is 0 Å². The monoisotopic (exact) mass is 284 g/mol. The maximum absolute atomic E-state index is 6.88. The number of aryl methyl sites for hydroxylation is 1. The summed E-state index contributed by atoms with van der Waals surface area (Å²) in [5.41, 5.74) is 4.07. The molecule has 1 aromatic rings. The molecule has 2 heterocycles. The van der Waals surface area contributed by atoms with Crippen LogP contribution in [0.2, 0.25) is 0 Å². The molecule has 0 amide bonds. The van der Waals surface area contributed by atoms with Crippen LogP contribution < -0.4 is 4.90 Å². The Kier molecular flexibility index (Phi) is 5.03. The molecule has 2 aliphatic heterocycles. The van der Waals surface area contributed by atoms with E-state index in [1.807, 2.05) is 13.8 Å². The van der Waals surface area contributed by atoms with Crippen molar-refractivity contribution >= 4 is 13.5 Å². The van der Waals surface area contributed by atoms with Crippen molar-refractivity contribution in [2.45, 2.75) is 51.9 Å². The molecule has 1 aromatic carbocycles. The number of fused-ring (bicyclic) bond motifs is 3. The highest BCUT2D eigenvalue weighted by molar-refractivity contribution is 6.19. The van der Waals surface area contributed by atoms with Crippen molar-refractivity contribution in [1.29, 1.82) is 0 Å². The zero-order valence-corrected chi connectivity index (χ0v) is 14.3. The Morgan fingerprint density at radius 1 is 1.33 bits per heavy atom. The summed E-state index contributed by atoms with van der Waals surface area (Å²) in [5.74, 6) is 0.452. The van der Waals surface area contributed by atoms with Crippen LogP contribution in [-0.2, 0) is 0 Å². The number of benzene rings is 1. The van der Waals surface area contributed by atoms with Crippen molar-refractivity contribution in [3.8, 4) is 0 Å². The van der Waals surface area contributed by atoms with Gasteiger partial charge in [0.05, 0.1) is 0 Å². The van der Waals surface area contributed by atoms with Gasteiger partial charge in [-0.2, -0.15) is 0 Å². The number of para-hydroxylation sites is 1. The zero-order valence-electron chi connectivity index (χ0n) is 14.3. The first-order valence-electron chi connectivity index (χ1n) is 8.42. The predicted molar refractivity (Wildman–Crippen MR) is 93.5 cm³/mol. The number of rotatable bonds is 2. The second kappa shape index (κ2) is 6.43. The summed E-state index contributed by atoms with van der Waals surface area (Å²) in [5, 5.41) is 0. The van der Waals surface area contributed by atoms with E-state index in [0.717, 1.165) is 32.5 Å². The van der Waals surface area contributed by atoms with Gasteiger partial charge in [-0.25, -0.2) is 0 Å². The third kappa shape index (κ3) is 2.61. The highest BCUT2D eigenvalue weighted by Gasteiger charge is 2.49. The molecule has 2 aliphatic rings. The van der Waals surface area contributed by atoms with E-state index >= 15 is 0 Å². The van der Waals surface area contributed by atoms with Gasteiger partial charge in [0.2, 0.25) is 0 Å². The minimum atomic E-state index is -0.170. The number of hydrogen-bond donors (Lipinski definition) is 0. The van der Waals surface area contributed by atoms with Crippen molar-refractivity contribution in [3.05, 3.63) is 29.3 Å². The molecule has 1 fully saturated rings. The van der Waals surface area contributed by atoms with Gasteiger partial charge in [-0.1, -0.05) is 39.0 Å². The quantitative estimate of drug-likeness (QED) is 0.766. The van der Waals surface area contributed by atoms with Crippen LogP contribution in [0.1, 0.15) is 50.7 Å². The molecule has 0 bridgehead atoms. The average molecular weight is 284 g/mol. The molecule has 0 spiro atoms. The Morgan fingerprint density at radius 2 is 2.05 bits per heavy atom. The Balaban J connectivity index is 0.000000774. The number of hydrogen-bond acceptors (Lipinski definition) is 2. The number of anilines is 1. The topological polar surface area (TPSA) is 6.48 Å². The molecule has 0 saturated carbocycles. The molecular formula is C18H29BN2. The second-order valence-electron chi connectivity index (χ2n) is 6.22. The molecule has 0 N–H and O–H groups in total. The summed E-state index contributed by atoms with van der Waals surface area (Å²) in [6, 6.07) is 6.67. The Hall–Kier alpha value is -0.955. The van der Waals surface area contributed by atoms with Gasteiger partial charge in [-0.05, 0) is 44.5 Å². The molecule has 0 aromatic heterocycles. The van der Waals surface area contributed by atoms with Gasteiger partial charge in [-0.3, -0.25) is 0 Å². The number of piperidine rings is 1. The molecule has 3 heteroatoms. The van der Waals surface area contributed by atoms with E-state index in [9.17, 15) is 0 Å². The standard InChI is InChI=1S/C16H23BN2.C2H6/c1-4-9-19-15-12(2)6-5-7-13(15)14-11-18(3)10-8-16(14,19)17;1-2/h5-7,14H,4,8-11H2,1-3H3;1-2H3. The van der Waals surface area contributed by atoms with Crippen LogP contribution in [0.5, 0.6) is 0 Å². The number of likely N-dealkylation sites (tertiary alicyclic amines) is 1.